The second-order valence-electron chi connectivity index (χ2n) is 8.70. The third kappa shape index (κ3) is 6.54. The van der Waals surface area contributed by atoms with Crippen LogP contribution in [0.5, 0.6) is 0 Å². The van der Waals surface area contributed by atoms with E-state index in [1.807, 2.05) is 84.0 Å². The first-order chi connectivity index (χ1) is 14.6. The summed E-state index contributed by atoms with van der Waals surface area (Å²) in [6.45, 7) is 11.0. The van der Waals surface area contributed by atoms with Crippen molar-refractivity contribution in [2.75, 3.05) is 6.61 Å². The molecule has 0 aliphatic rings. The minimum absolute atomic E-state index is 0.00694. The van der Waals surface area contributed by atoms with E-state index in [1.165, 1.54) is 0 Å². The summed E-state index contributed by atoms with van der Waals surface area (Å²) in [5, 5.41) is 4.86. The Bertz CT molecular complexity index is 907. The number of nitrogens with zero attached hydrogens (tertiary/aromatic N) is 1. The van der Waals surface area contributed by atoms with Gasteiger partial charge in [0.15, 0.2) is 6.61 Å². The first kappa shape index (κ1) is 24.4. The van der Waals surface area contributed by atoms with Crippen molar-refractivity contribution in [2.45, 2.75) is 66.1 Å². The highest BCUT2D eigenvalue weighted by atomic mass is 16.5. The van der Waals surface area contributed by atoms with Gasteiger partial charge in [0.05, 0.1) is 6.42 Å². The third-order valence-corrected chi connectivity index (χ3v) is 5.21. The minimum atomic E-state index is -0.818. The minimum Gasteiger partial charge on any atom is -0.454 e. The summed E-state index contributed by atoms with van der Waals surface area (Å²) in [4.78, 5) is 39.5. The standard InChI is InChI=1S/C25H34N2O4/c1-16(2)24(25(30)31-15-23(29)27(17(3)4)18(5)6)26-22(28)14-20-12-9-11-19-10-7-8-13-21(19)20/h7-13,16-18,24H,14-15H2,1-6H3,(H,26,28)/t24-/m0/s1. The molecule has 1 N–H and O–H groups in total. The first-order valence-corrected chi connectivity index (χ1v) is 10.9. The summed E-state index contributed by atoms with van der Waals surface area (Å²) in [5.74, 6) is -1.28. The lowest BCUT2D eigenvalue weighted by Crippen LogP contribution is -2.48. The lowest BCUT2D eigenvalue weighted by atomic mass is 10.0. The van der Waals surface area contributed by atoms with Gasteiger partial charge in [-0.25, -0.2) is 4.79 Å². The van der Waals surface area contributed by atoms with Crippen molar-refractivity contribution in [1.82, 2.24) is 10.2 Å². The van der Waals surface area contributed by atoms with Crippen molar-refractivity contribution in [2.24, 2.45) is 5.92 Å². The SMILES string of the molecule is CC(C)[C@H](NC(=O)Cc1cccc2ccccc12)C(=O)OCC(=O)N(C(C)C)C(C)C. The molecule has 0 radical (unpaired) electrons. The van der Waals surface area contributed by atoms with Gasteiger partial charge in [-0.1, -0.05) is 56.3 Å². The molecule has 6 nitrogen and oxygen atoms in total. The molecule has 0 aliphatic carbocycles. The van der Waals surface area contributed by atoms with E-state index in [0.29, 0.717) is 0 Å². The molecule has 0 aliphatic heterocycles. The van der Waals surface area contributed by atoms with Gasteiger partial charge in [-0.05, 0) is 49.9 Å². The topological polar surface area (TPSA) is 75.7 Å². The molecule has 1 atom stereocenters. The maximum absolute atomic E-state index is 12.7. The van der Waals surface area contributed by atoms with E-state index in [9.17, 15) is 14.4 Å². The molecular formula is C25H34N2O4. The number of amides is 2. The van der Waals surface area contributed by atoms with Crippen molar-refractivity contribution >= 4 is 28.6 Å². The summed E-state index contributed by atoms with van der Waals surface area (Å²) in [7, 11) is 0. The van der Waals surface area contributed by atoms with Gasteiger partial charge in [0.2, 0.25) is 5.91 Å². The number of hydrogen-bond acceptors (Lipinski definition) is 4. The van der Waals surface area contributed by atoms with Crippen molar-refractivity contribution in [3.8, 4) is 0 Å². The van der Waals surface area contributed by atoms with Crippen molar-refractivity contribution in [1.29, 1.82) is 0 Å². The molecule has 168 valence electrons. The van der Waals surface area contributed by atoms with Crippen LogP contribution < -0.4 is 5.32 Å². The Kier molecular flexibility index (Phi) is 8.60. The molecule has 31 heavy (non-hydrogen) atoms. The lowest BCUT2D eigenvalue weighted by molar-refractivity contribution is -0.156. The van der Waals surface area contributed by atoms with Gasteiger partial charge in [-0.15, -0.1) is 0 Å². The van der Waals surface area contributed by atoms with Gasteiger partial charge in [-0.3, -0.25) is 9.59 Å². The van der Waals surface area contributed by atoms with Crippen LogP contribution >= 0.6 is 0 Å². The molecular weight excluding hydrogens is 392 g/mol. The fourth-order valence-corrected chi connectivity index (χ4v) is 3.81. The van der Waals surface area contributed by atoms with Gasteiger partial charge >= 0.3 is 5.97 Å². The summed E-state index contributed by atoms with van der Waals surface area (Å²) in [5.41, 5.74) is 0.895. The van der Waals surface area contributed by atoms with E-state index in [-0.39, 0.29) is 42.8 Å². The highest BCUT2D eigenvalue weighted by molar-refractivity contribution is 5.92. The highest BCUT2D eigenvalue weighted by Gasteiger charge is 2.28. The molecule has 2 aromatic carbocycles. The van der Waals surface area contributed by atoms with Gasteiger partial charge < -0.3 is 15.0 Å². The number of fused-ring (bicyclic) bond motifs is 1. The Labute approximate surface area is 184 Å². The lowest BCUT2D eigenvalue weighted by Gasteiger charge is -2.31. The molecule has 0 unspecified atom stereocenters. The van der Waals surface area contributed by atoms with Crippen LogP contribution in [0.15, 0.2) is 42.5 Å². The molecule has 0 saturated heterocycles. The largest absolute Gasteiger partial charge is 0.454 e. The van der Waals surface area contributed by atoms with Gasteiger partial charge in [0.25, 0.3) is 5.91 Å². The average Bonchev–Trinajstić information content (AvgIpc) is 2.69. The van der Waals surface area contributed by atoms with E-state index in [1.54, 1.807) is 4.90 Å². The Morgan fingerprint density at radius 2 is 1.52 bits per heavy atom. The molecule has 0 heterocycles. The number of rotatable bonds is 9. The molecule has 0 spiro atoms. The molecule has 0 fully saturated rings. The van der Waals surface area contributed by atoms with E-state index >= 15 is 0 Å². The predicted molar refractivity (Wildman–Crippen MR) is 122 cm³/mol. The number of ether oxygens (including phenoxy) is 1. The number of nitrogens with one attached hydrogen (secondary N) is 1. The van der Waals surface area contributed by atoms with Crippen LogP contribution in [0, 0.1) is 5.92 Å². The van der Waals surface area contributed by atoms with Crippen LogP contribution in [-0.4, -0.2) is 47.4 Å². The van der Waals surface area contributed by atoms with Crippen molar-refractivity contribution < 1.29 is 19.1 Å². The number of benzene rings is 2. The average molecular weight is 427 g/mol. The predicted octanol–water partition coefficient (Wildman–Crippen LogP) is 3.71. The summed E-state index contributed by atoms with van der Waals surface area (Å²) >= 11 is 0. The van der Waals surface area contributed by atoms with E-state index < -0.39 is 12.0 Å². The molecule has 0 saturated carbocycles. The van der Waals surface area contributed by atoms with Gasteiger partial charge in [0.1, 0.15) is 6.04 Å². The van der Waals surface area contributed by atoms with E-state index in [0.717, 1.165) is 16.3 Å². The summed E-state index contributed by atoms with van der Waals surface area (Å²) in [6, 6.07) is 12.9. The summed E-state index contributed by atoms with van der Waals surface area (Å²) < 4.78 is 5.29. The smallest absolute Gasteiger partial charge is 0.329 e. The monoisotopic (exact) mass is 426 g/mol. The zero-order chi connectivity index (χ0) is 23.1. The molecule has 2 aromatic rings. The third-order valence-electron chi connectivity index (χ3n) is 5.21. The van der Waals surface area contributed by atoms with Crippen LogP contribution in [0.2, 0.25) is 0 Å². The molecule has 2 rings (SSSR count). The second kappa shape index (κ2) is 10.9. The number of carbonyl (C=O) groups excluding carboxylic acids is 3. The van der Waals surface area contributed by atoms with E-state index in [2.05, 4.69) is 5.32 Å². The van der Waals surface area contributed by atoms with Crippen LogP contribution in [-0.2, 0) is 25.5 Å². The molecule has 2 amide bonds. The second-order valence-corrected chi connectivity index (χ2v) is 8.70. The molecule has 0 bridgehead atoms. The van der Waals surface area contributed by atoms with Gasteiger partial charge in [-0.2, -0.15) is 0 Å². The zero-order valence-electron chi connectivity index (χ0n) is 19.3. The number of carbonyl (C=O) groups is 3. The molecule has 0 aromatic heterocycles. The fraction of sp³-hybridized carbons (Fsp3) is 0.480. The van der Waals surface area contributed by atoms with Crippen LogP contribution in [0.3, 0.4) is 0 Å². The van der Waals surface area contributed by atoms with Crippen LogP contribution in [0.4, 0.5) is 0 Å². The number of hydrogen-bond donors (Lipinski definition) is 1. The molecule has 6 heteroatoms. The van der Waals surface area contributed by atoms with Crippen LogP contribution in [0.25, 0.3) is 10.8 Å². The van der Waals surface area contributed by atoms with Crippen molar-refractivity contribution in [3.05, 3.63) is 48.0 Å². The van der Waals surface area contributed by atoms with Crippen LogP contribution in [0.1, 0.15) is 47.1 Å². The summed E-state index contributed by atoms with van der Waals surface area (Å²) in [6.07, 6.45) is 0.158. The highest BCUT2D eigenvalue weighted by Crippen LogP contribution is 2.19. The Morgan fingerprint density at radius 1 is 0.903 bits per heavy atom. The normalized spacial score (nSPS) is 12.3. The van der Waals surface area contributed by atoms with Crippen molar-refractivity contribution in [3.63, 3.8) is 0 Å². The number of esters is 1. The maximum Gasteiger partial charge on any atom is 0.329 e. The Balaban J connectivity index is 2.02. The maximum atomic E-state index is 12.7. The zero-order valence-corrected chi connectivity index (χ0v) is 19.3. The van der Waals surface area contributed by atoms with Gasteiger partial charge in [0, 0.05) is 12.1 Å². The quantitative estimate of drug-likeness (QED) is 0.620. The fourth-order valence-electron chi connectivity index (χ4n) is 3.81. The Morgan fingerprint density at radius 3 is 2.13 bits per heavy atom. The van der Waals surface area contributed by atoms with E-state index in [4.69, 9.17) is 4.74 Å². The first-order valence-electron chi connectivity index (χ1n) is 10.9. The Hall–Kier alpha value is -2.89.